The van der Waals surface area contributed by atoms with E-state index in [0.717, 1.165) is 31.7 Å². The van der Waals surface area contributed by atoms with Crippen molar-refractivity contribution in [2.24, 2.45) is 0 Å². The Morgan fingerprint density at radius 1 is 1.19 bits per heavy atom. The van der Waals surface area contributed by atoms with Crippen molar-refractivity contribution < 1.29 is 4.74 Å². The number of hydrogen-bond donors (Lipinski definition) is 0. The summed E-state index contributed by atoms with van der Waals surface area (Å²) < 4.78 is 7.56. The lowest BCUT2D eigenvalue weighted by Gasteiger charge is -2.34. The van der Waals surface area contributed by atoms with Gasteiger partial charge in [-0.15, -0.1) is 0 Å². The Morgan fingerprint density at radius 2 is 1.95 bits per heavy atom. The standard InChI is InChI=1S/C17H23N3O/c1-13-11-18-20(12-13)15-6-8-19(9-7-15)16-5-4-14(2)17(10-16)21-3/h4-5,10-12,15H,6-9H2,1-3H3. The molecule has 0 radical (unpaired) electrons. The third-order valence-corrected chi connectivity index (χ3v) is 4.33. The van der Waals surface area contributed by atoms with Gasteiger partial charge in [0.15, 0.2) is 0 Å². The fraction of sp³-hybridized carbons (Fsp3) is 0.471. The zero-order valence-electron chi connectivity index (χ0n) is 13.0. The molecular weight excluding hydrogens is 262 g/mol. The Hall–Kier alpha value is -1.97. The van der Waals surface area contributed by atoms with Crippen molar-refractivity contribution in [3.63, 3.8) is 0 Å². The molecule has 1 aliphatic rings. The average Bonchev–Trinajstić information content (AvgIpc) is 2.94. The van der Waals surface area contributed by atoms with Crippen LogP contribution >= 0.6 is 0 Å². The molecule has 0 aliphatic carbocycles. The van der Waals surface area contributed by atoms with Gasteiger partial charge >= 0.3 is 0 Å². The van der Waals surface area contributed by atoms with E-state index in [1.54, 1.807) is 7.11 Å². The second-order valence-electron chi connectivity index (χ2n) is 5.87. The molecule has 1 aliphatic heterocycles. The van der Waals surface area contributed by atoms with Gasteiger partial charge in [0.05, 0.1) is 19.3 Å². The maximum atomic E-state index is 5.43. The summed E-state index contributed by atoms with van der Waals surface area (Å²) in [6.07, 6.45) is 6.36. The predicted molar refractivity (Wildman–Crippen MR) is 85.2 cm³/mol. The van der Waals surface area contributed by atoms with Crippen molar-refractivity contribution in [3.05, 3.63) is 41.7 Å². The summed E-state index contributed by atoms with van der Waals surface area (Å²) in [6.45, 7) is 6.30. The molecule has 2 heterocycles. The number of aryl methyl sites for hydroxylation is 2. The van der Waals surface area contributed by atoms with Gasteiger partial charge in [0, 0.05) is 31.0 Å². The lowest BCUT2D eigenvalue weighted by Crippen LogP contribution is -2.34. The van der Waals surface area contributed by atoms with Crippen LogP contribution in [0.2, 0.25) is 0 Å². The van der Waals surface area contributed by atoms with E-state index >= 15 is 0 Å². The van der Waals surface area contributed by atoms with E-state index in [9.17, 15) is 0 Å². The first kappa shape index (κ1) is 14.0. The predicted octanol–water partition coefficient (Wildman–Crippen LogP) is 3.35. The largest absolute Gasteiger partial charge is 0.496 e. The molecule has 1 aromatic heterocycles. The minimum Gasteiger partial charge on any atom is -0.496 e. The number of methoxy groups -OCH3 is 1. The summed E-state index contributed by atoms with van der Waals surface area (Å²) in [5, 5.41) is 4.45. The summed E-state index contributed by atoms with van der Waals surface area (Å²) in [4.78, 5) is 2.44. The molecule has 0 amide bonds. The van der Waals surface area contributed by atoms with E-state index in [1.807, 2.05) is 6.20 Å². The maximum Gasteiger partial charge on any atom is 0.123 e. The van der Waals surface area contributed by atoms with Crippen LogP contribution in [0, 0.1) is 13.8 Å². The van der Waals surface area contributed by atoms with Crippen LogP contribution in [0.1, 0.15) is 30.0 Å². The molecule has 0 spiro atoms. The second-order valence-corrected chi connectivity index (χ2v) is 5.87. The smallest absolute Gasteiger partial charge is 0.123 e. The minimum absolute atomic E-state index is 0.530. The van der Waals surface area contributed by atoms with Gasteiger partial charge < -0.3 is 9.64 Å². The molecule has 0 atom stereocenters. The highest BCUT2D eigenvalue weighted by Crippen LogP contribution is 2.29. The minimum atomic E-state index is 0.530. The number of benzene rings is 1. The third kappa shape index (κ3) is 2.89. The van der Waals surface area contributed by atoms with E-state index in [4.69, 9.17) is 4.74 Å². The fourth-order valence-corrected chi connectivity index (χ4v) is 3.03. The highest BCUT2D eigenvalue weighted by molar-refractivity contribution is 5.53. The molecule has 4 nitrogen and oxygen atoms in total. The van der Waals surface area contributed by atoms with Crippen molar-refractivity contribution in [3.8, 4) is 5.75 Å². The van der Waals surface area contributed by atoms with E-state index in [2.05, 4.69) is 52.9 Å². The third-order valence-electron chi connectivity index (χ3n) is 4.33. The quantitative estimate of drug-likeness (QED) is 0.866. The zero-order valence-corrected chi connectivity index (χ0v) is 13.0. The molecule has 0 bridgehead atoms. The Morgan fingerprint density at radius 3 is 2.57 bits per heavy atom. The first-order chi connectivity index (χ1) is 10.2. The monoisotopic (exact) mass is 285 g/mol. The number of hydrogen-bond acceptors (Lipinski definition) is 3. The molecule has 112 valence electrons. The fourth-order valence-electron chi connectivity index (χ4n) is 3.03. The number of anilines is 1. The molecule has 3 rings (SSSR count). The lowest BCUT2D eigenvalue weighted by molar-refractivity contribution is 0.366. The van der Waals surface area contributed by atoms with Gasteiger partial charge in [0.1, 0.15) is 5.75 Å². The van der Waals surface area contributed by atoms with Crippen molar-refractivity contribution in [1.29, 1.82) is 0 Å². The van der Waals surface area contributed by atoms with Crippen LogP contribution in [0.15, 0.2) is 30.6 Å². The number of rotatable bonds is 3. The van der Waals surface area contributed by atoms with Gasteiger partial charge in [-0.2, -0.15) is 5.10 Å². The molecule has 21 heavy (non-hydrogen) atoms. The summed E-state index contributed by atoms with van der Waals surface area (Å²) >= 11 is 0. The summed E-state index contributed by atoms with van der Waals surface area (Å²) in [6, 6.07) is 7.00. The molecule has 1 aromatic carbocycles. The molecule has 1 fully saturated rings. The Labute approximate surface area is 126 Å². The highest BCUT2D eigenvalue weighted by atomic mass is 16.5. The Bertz CT molecular complexity index is 612. The molecule has 0 N–H and O–H groups in total. The van der Waals surface area contributed by atoms with Crippen LogP contribution in [0.25, 0.3) is 0 Å². The molecule has 0 unspecified atom stereocenters. The molecule has 0 saturated carbocycles. The van der Waals surface area contributed by atoms with Crippen LogP contribution in [0.4, 0.5) is 5.69 Å². The molecule has 1 saturated heterocycles. The molecular formula is C17H23N3O. The van der Waals surface area contributed by atoms with Gasteiger partial charge in [-0.3, -0.25) is 4.68 Å². The van der Waals surface area contributed by atoms with Gasteiger partial charge in [0.25, 0.3) is 0 Å². The summed E-state index contributed by atoms with van der Waals surface area (Å²) in [5.41, 5.74) is 3.68. The van der Waals surface area contributed by atoms with E-state index < -0.39 is 0 Å². The Balaban J connectivity index is 1.68. The first-order valence-corrected chi connectivity index (χ1v) is 7.57. The lowest BCUT2D eigenvalue weighted by atomic mass is 10.0. The van der Waals surface area contributed by atoms with Gasteiger partial charge in [0.2, 0.25) is 0 Å². The van der Waals surface area contributed by atoms with Crippen LogP contribution in [-0.4, -0.2) is 30.0 Å². The Kier molecular flexibility index (Phi) is 3.86. The summed E-state index contributed by atoms with van der Waals surface area (Å²) in [7, 11) is 1.73. The number of aromatic nitrogens is 2. The van der Waals surface area contributed by atoms with Gasteiger partial charge in [-0.25, -0.2) is 0 Å². The van der Waals surface area contributed by atoms with Crippen molar-refractivity contribution in [2.75, 3.05) is 25.1 Å². The molecule has 4 heteroatoms. The maximum absolute atomic E-state index is 5.43. The average molecular weight is 285 g/mol. The summed E-state index contributed by atoms with van der Waals surface area (Å²) in [5.74, 6) is 0.970. The van der Waals surface area contributed by atoms with Crippen LogP contribution in [-0.2, 0) is 0 Å². The van der Waals surface area contributed by atoms with Crippen LogP contribution < -0.4 is 9.64 Å². The van der Waals surface area contributed by atoms with E-state index in [-0.39, 0.29) is 0 Å². The molecule has 2 aromatic rings. The second kappa shape index (κ2) is 5.80. The topological polar surface area (TPSA) is 30.3 Å². The number of ether oxygens (including phenoxy) is 1. The van der Waals surface area contributed by atoms with Crippen molar-refractivity contribution in [1.82, 2.24) is 9.78 Å². The van der Waals surface area contributed by atoms with Crippen LogP contribution in [0.3, 0.4) is 0 Å². The zero-order chi connectivity index (χ0) is 14.8. The van der Waals surface area contributed by atoms with Crippen molar-refractivity contribution >= 4 is 5.69 Å². The van der Waals surface area contributed by atoms with Gasteiger partial charge in [-0.05, 0) is 43.9 Å². The van der Waals surface area contributed by atoms with E-state index in [1.165, 1.54) is 16.8 Å². The highest BCUT2D eigenvalue weighted by Gasteiger charge is 2.21. The number of piperidine rings is 1. The van der Waals surface area contributed by atoms with Crippen LogP contribution in [0.5, 0.6) is 5.75 Å². The van der Waals surface area contributed by atoms with Crippen molar-refractivity contribution in [2.45, 2.75) is 32.7 Å². The van der Waals surface area contributed by atoms with E-state index in [0.29, 0.717) is 6.04 Å². The number of nitrogens with zero attached hydrogens (tertiary/aromatic N) is 3. The van der Waals surface area contributed by atoms with Gasteiger partial charge in [-0.1, -0.05) is 6.07 Å². The first-order valence-electron chi connectivity index (χ1n) is 7.57. The normalized spacial score (nSPS) is 16.2. The SMILES string of the molecule is COc1cc(N2CCC(n3cc(C)cn3)CC2)ccc1C.